The average Bonchev–Trinajstić information content (AvgIpc) is 2.49. The number of aliphatic hydroxyl groups excluding tert-OH is 1. The number of nitrogens with one attached hydrogen (secondary N) is 1. The van der Waals surface area contributed by atoms with E-state index >= 15 is 0 Å². The Hall–Kier alpha value is -0.940. The molecule has 1 aromatic carbocycles. The Balaban J connectivity index is 1.85. The van der Waals surface area contributed by atoms with Gasteiger partial charge in [-0.3, -0.25) is 4.90 Å². The molecule has 1 unspecified atom stereocenters. The Morgan fingerprint density at radius 1 is 1.26 bits per heavy atom. The maximum absolute atomic E-state index is 9.68. The van der Waals surface area contributed by atoms with Crippen molar-refractivity contribution >= 4 is 0 Å². The fraction of sp³-hybridized carbons (Fsp3) is 0.600. The molecule has 0 radical (unpaired) electrons. The summed E-state index contributed by atoms with van der Waals surface area (Å²) in [6, 6.07) is 10.1. The predicted molar refractivity (Wildman–Crippen MR) is 76.1 cm³/mol. The number of hydrogen-bond donors (Lipinski definition) is 2. The molecule has 1 aliphatic heterocycles. The third kappa shape index (κ3) is 4.01. The molecule has 106 valence electrons. The minimum Gasteiger partial charge on any atom is -0.394 e. The number of nitrogens with zero attached hydrogens (tertiary/aromatic N) is 1. The van der Waals surface area contributed by atoms with Crippen LogP contribution in [0.5, 0.6) is 0 Å². The number of rotatable bonds is 6. The SMILES string of the molecule is CC(CO)(NCCN1CCOCC1)c1ccccc1. The second kappa shape index (κ2) is 7.01. The van der Waals surface area contributed by atoms with Crippen molar-refractivity contribution in [2.75, 3.05) is 46.0 Å². The molecule has 1 saturated heterocycles. The van der Waals surface area contributed by atoms with Crippen molar-refractivity contribution in [2.24, 2.45) is 0 Å². The van der Waals surface area contributed by atoms with Crippen molar-refractivity contribution in [2.45, 2.75) is 12.5 Å². The van der Waals surface area contributed by atoms with Crippen molar-refractivity contribution in [3.05, 3.63) is 35.9 Å². The summed E-state index contributed by atoms with van der Waals surface area (Å²) in [6.07, 6.45) is 0. The summed E-state index contributed by atoms with van der Waals surface area (Å²) in [5, 5.41) is 13.2. The number of aliphatic hydroxyl groups is 1. The summed E-state index contributed by atoms with van der Waals surface area (Å²) in [5.41, 5.74) is 0.757. The van der Waals surface area contributed by atoms with Gasteiger partial charge in [0.25, 0.3) is 0 Å². The lowest BCUT2D eigenvalue weighted by atomic mass is 9.93. The van der Waals surface area contributed by atoms with Crippen molar-refractivity contribution in [3.8, 4) is 0 Å². The van der Waals surface area contributed by atoms with E-state index in [4.69, 9.17) is 4.74 Å². The van der Waals surface area contributed by atoms with Gasteiger partial charge in [-0.05, 0) is 12.5 Å². The van der Waals surface area contributed by atoms with E-state index in [1.807, 2.05) is 25.1 Å². The first-order valence-corrected chi connectivity index (χ1v) is 6.96. The zero-order chi connectivity index (χ0) is 13.6. The second-order valence-corrected chi connectivity index (χ2v) is 5.24. The fourth-order valence-corrected chi connectivity index (χ4v) is 2.37. The Morgan fingerprint density at radius 3 is 2.58 bits per heavy atom. The molecule has 4 heteroatoms. The highest BCUT2D eigenvalue weighted by Gasteiger charge is 2.24. The zero-order valence-corrected chi connectivity index (χ0v) is 11.6. The van der Waals surface area contributed by atoms with Crippen molar-refractivity contribution in [1.82, 2.24) is 10.2 Å². The maximum atomic E-state index is 9.68. The summed E-state index contributed by atoms with van der Waals surface area (Å²) in [4.78, 5) is 2.39. The first kappa shape index (κ1) is 14.5. The van der Waals surface area contributed by atoms with E-state index < -0.39 is 0 Å². The molecule has 2 rings (SSSR count). The van der Waals surface area contributed by atoms with E-state index in [-0.39, 0.29) is 12.1 Å². The molecule has 0 bridgehead atoms. The molecule has 2 N–H and O–H groups in total. The van der Waals surface area contributed by atoms with Crippen molar-refractivity contribution < 1.29 is 9.84 Å². The Kier molecular flexibility index (Phi) is 5.34. The van der Waals surface area contributed by atoms with E-state index in [2.05, 4.69) is 22.3 Å². The van der Waals surface area contributed by atoms with Gasteiger partial charge in [0.1, 0.15) is 0 Å². The van der Waals surface area contributed by atoms with Crippen LogP contribution < -0.4 is 5.32 Å². The first-order valence-electron chi connectivity index (χ1n) is 6.96. The third-order valence-corrected chi connectivity index (χ3v) is 3.77. The Bertz CT molecular complexity index is 366. The van der Waals surface area contributed by atoms with E-state index in [9.17, 15) is 5.11 Å². The summed E-state index contributed by atoms with van der Waals surface area (Å²) >= 11 is 0. The van der Waals surface area contributed by atoms with Crippen molar-refractivity contribution in [1.29, 1.82) is 0 Å². The van der Waals surface area contributed by atoms with Crippen LogP contribution in [0.4, 0.5) is 0 Å². The maximum Gasteiger partial charge on any atom is 0.0652 e. The van der Waals surface area contributed by atoms with Crippen LogP contribution in [-0.2, 0) is 10.3 Å². The molecule has 1 aliphatic rings. The van der Waals surface area contributed by atoms with Crippen LogP contribution in [0.1, 0.15) is 12.5 Å². The second-order valence-electron chi connectivity index (χ2n) is 5.24. The van der Waals surface area contributed by atoms with Gasteiger partial charge in [-0.2, -0.15) is 0 Å². The number of benzene rings is 1. The molecule has 1 atom stereocenters. The van der Waals surface area contributed by atoms with Gasteiger partial charge in [0.15, 0.2) is 0 Å². The smallest absolute Gasteiger partial charge is 0.0652 e. The summed E-state index contributed by atoms with van der Waals surface area (Å²) in [5.74, 6) is 0. The highest BCUT2D eigenvalue weighted by Crippen LogP contribution is 2.19. The van der Waals surface area contributed by atoms with E-state index in [1.54, 1.807) is 0 Å². The summed E-state index contributed by atoms with van der Waals surface area (Å²) in [6.45, 7) is 7.66. The van der Waals surface area contributed by atoms with Crippen LogP contribution in [0.3, 0.4) is 0 Å². The molecule has 19 heavy (non-hydrogen) atoms. The Morgan fingerprint density at radius 2 is 1.95 bits per heavy atom. The standard InChI is InChI=1S/C15H24N2O2/c1-15(13-18,14-5-3-2-4-6-14)16-7-8-17-9-11-19-12-10-17/h2-6,16,18H,7-13H2,1H3. The minimum atomic E-state index is -0.368. The molecule has 0 aromatic heterocycles. The highest BCUT2D eigenvalue weighted by molar-refractivity contribution is 5.23. The molecule has 0 saturated carbocycles. The monoisotopic (exact) mass is 264 g/mol. The van der Waals surface area contributed by atoms with Crippen LogP contribution in [-0.4, -0.2) is 56.0 Å². The molecular weight excluding hydrogens is 240 g/mol. The van der Waals surface area contributed by atoms with Crippen LogP contribution in [0.15, 0.2) is 30.3 Å². The molecule has 4 nitrogen and oxygen atoms in total. The fourth-order valence-electron chi connectivity index (χ4n) is 2.37. The summed E-state index contributed by atoms with van der Waals surface area (Å²) < 4.78 is 5.34. The average molecular weight is 264 g/mol. The summed E-state index contributed by atoms with van der Waals surface area (Å²) in [7, 11) is 0. The van der Waals surface area contributed by atoms with Crippen LogP contribution >= 0.6 is 0 Å². The number of ether oxygens (including phenoxy) is 1. The van der Waals surface area contributed by atoms with Crippen LogP contribution in [0.2, 0.25) is 0 Å². The van der Waals surface area contributed by atoms with Crippen LogP contribution in [0, 0.1) is 0 Å². The van der Waals surface area contributed by atoms with Gasteiger partial charge in [0.05, 0.1) is 25.4 Å². The van der Waals surface area contributed by atoms with Crippen molar-refractivity contribution in [3.63, 3.8) is 0 Å². The lowest BCUT2D eigenvalue weighted by Crippen LogP contribution is -2.47. The lowest BCUT2D eigenvalue weighted by molar-refractivity contribution is 0.0367. The van der Waals surface area contributed by atoms with Crippen LogP contribution in [0.25, 0.3) is 0 Å². The largest absolute Gasteiger partial charge is 0.394 e. The highest BCUT2D eigenvalue weighted by atomic mass is 16.5. The minimum absolute atomic E-state index is 0.0973. The van der Waals surface area contributed by atoms with Gasteiger partial charge in [0.2, 0.25) is 0 Å². The Labute approximate surface area is 115 Å². The van der Waals surface area contributed by atoms with E-state index in [0.29, 0.717) is 0 Å². The van der Waals surface area contributed by atoms with Gasteiger partial charge in [0, 0.05) is 26.2 Å². The van der Waals surface area contributed by atoms with Gasteiger partial charge >= 0.3 is 0 Å². The third-order valence-electron chi connectivity index (χ3n) is 3.77. The van der Waals surface area contributed by atoms with E-state index in [1.165, 1.54) is 0 Å². The molecule has 1 aromatic rings. The molecule has 1 fully saturated rings. The van der Waals surface area contributed by atoms with Gasteiger partial charge in [-0.25, -0.2) is 0 Å². The van der Waals surface area contributed by atoms with Gasteiger partial charge < -0.3 is 15.2 Å². The molecular formula is C15H24N2O2. The molecule has 0 amide bonds. The number of hydrogen-bond acceptors (Lipinski definition) is 4. The first-order chi connectivity index (χ1) is 9.24. The quantitative estimate of drug-likeness (QED) is 0.798. The zero-order valence-electron chi connectivity index (χ0n) is 11.6. The lowest BCUT2D eigenvalue weighted by Gasteiger charge is -2.32. The van der Waals surface area contributed by atoms with Gasteiger partial charge in [-0.1, -0.05) is 30.3 Å². The topological polar surface area (TPSA) is 44.7 Å². The molecule has 0 spiro atoms. The normalized spacial score (nSPS) is 20.1. The molecule has 0 aliphatic carbocycles. The molecule has 1 heterocycles. The predicted octanol–water partition coefficient (Wildman–Crippen LogP) is 0.816. The number of morpholine rings is 1. The van der Waals surface area contributed by atoms with Gasteiger partial charge in [-0.15, -0.1) is 0 Å². The van der Waals surface area contributed by atoms with E-state index in [0.717, 1.165) is 45.0 Å².